The normalized spacial score (nSPS) is 17.0. The van der Waals surface area contributed by atoms with Gasteiger partial charge in [0.1, 0.15) is 12.4 Å². The molecule has 1 N–H and O–H groups in total. The first-order valence-electron chi connectivity index (χ1n) is 8.72. The van der Waals surface area contributed by atoms with Gasteiger partial charge in [-0.15, -0.1) is 0 Å². The molecule has 1 atom stereocenters. The van der Waals surface area contributed by atoms with Crippen LogP contribution < -0.4 is 0 Å². The SMILES string of the molecule is O=[N+]([O-])c1cnn(CC(O)CN(Cc2ccoc2)C2CCCCC2)c1. The average molecular weight is 348 g/mol. The third-order valence-corrected chi connectivity index (χ3v) is 4.73. The van der Waals surface area contributed by atoms with E-state index in [1.54, 1.807) is 12.5 Å². The summed E-state index contributed by atoms with van der Waals surface area (Å²) in [4.78, 5) is 12.5. The molecule has 0 bridgehead atoms. The van der Waals surface area contributed by atoms with E-state index in [0.29, 0.717) is 12.6 Å². The van der Waals surface area contributed by atoms with E-state index in [4.69, 9.17) is 4.42 Å². The van der Waals surface area contributed by atoms with Gasteiger partial charge in [0.2, 0.25) is 0 Å². The fourth-order valence-corrected chi connectivity index (χ4v) is 3.50. The van der Waals surface area contributed by atoms with Crippen LogP contribution >= 0.6 is 0 Å². The number of aliphatic hydroxyl groups excluding tert-OH is 1. The molecular formula is C17H24N4O4. The van der Waals surface area contributed by atoms with Crippen LogP contribution in [0, 0.1) is 10.1 Å². The number of rotatable bonds is 8. The summed E-state index contributed by atoms with van der Waals surface area (Å²) in [7, 11) is 0. The van der Waals surface area contributed by atoms with E-state index in [1.165, 1.54) is 36.3 Å². The molecule has 0 radical (unpaired) electrons. The lowest BCUT2D eigenvalue weighted by Gasteiger charge is -2.35. The summed E-state index contributed by atoms with van der Waals surface area (Å²) in [5.41, 5.74) is 1.03. The Bertz CT molecular complexity index is 664. The van der Waals surface area contributed by atoms with Crippen molar-refractivity contribution in [1.82, 2.24) is 14.7 Å². The van der Waals surface area contributed by atoms with Gasteiger partial charge < -0.3 is 9.52 Å². The quantitative estimate of drug-likeness (QED) is 0.582. The van der Waals surface area contributed by atoms with Gasteiger partial charge in [0.15, 0.2) is 0 Å². The second kappa shape index (κ2) is 8.26. The predicted octanol–water partition coefficient (Wildman–Crippen LogP) is 2.58. The van der Waals surface area contributed by atoms with E-state index in [0.717, 1.165) is 24.9 Å². The van der Waals surface area contributed by atoms with Crippen LogP contribution in [0.3, 0.4) is 0 Å². The zero-order valence-corrected chi connectivity index (χ0v) is 14.2. The van der Waals surface area contributed by atoms with Crippen LogP contribution in [0.15, 0.2) is 35.4 Å². The zero-order valence-electron chi connectivity index (χ0n) is 14.2. The molecule has 0 amide bonds. The van der Waals surface area contributed by atoms with Gasteiger partial charge in [0.05, 0.1) is 30.1 Å². The summed E-state index contributed by atoms with van der Waals surface area (Å²) in [6.45, 7) is 1.48. The summed E-state index contributed by atoms with van der Waals surface area (Å²) < 4.78 is 6.59. The summed E-state index contributed by atoms with van der Waals surface area (Å²) in [5, 5.41) is 25.2. The van der Waals surface area contributed by atoms with E-state index in [1.807, 2.05) is 6.07 Å². The summed E-state index contributed by atoms with van der Waals surface area (Å²) in [5.74, 6) is 0. The van der Waals surface area contributed by atoms with Crippen molar-refractivity contribution in [3.05, 3.63) is 46.7 Å². The summed E-state index contributed by atoms with van der Waals surface area (Å²) >= 11 is 0. The maximum Gasteiger partial charge on any atom is 0.306 e. The van der Waals surface area contributed by atoms with Crippen LogP contribution in [0.1, 0.15) is 37.7 Å². The average Bonchev–Trinajstić information content (AvgIpc) is 3.27. The van der Waals surface area contributed by atoms with E-state index < -0.39 is 11.0 Å². The lowest BCUT2D eigenvalue weighted by atomic mass is 9.93. The number of hydrogen-bond donors (Lipinski definition) is 1. The van der Waals surface area contributed by atoms with Gasteiger partial charge in [-0.3, -0.25) is 19.7 Å². The summed E-state index contributed by atoms with van der Waals surface area (Å²) in [6, 6.07) is 2.39. The van der Waals surface area contributed by atoms with Gasteiger partial charge in [0.25, 0.3) is 0 Å². The Morgan fingerprint density at radius 2 is 2.24 bits per heavy atom. The molecule has 25 heavy (non-hydrogen) atoms. The molecule has 2 heterocycles. The largest absolute Gasteiger partial charge is 0.472 e. The molecule has 136 valence electrons. The monoisotopic (exact) mass is 348 g/mol. The molecule has 1 aliphatic rings. The number of nitro groups is 1. The van der Waals surface area contributed by atoms with Crippen LogP contribution in [0.4, 0.5) is 5.69 Å². The number of furan rings is 1. The third kappa shape index (κ3) is 4.90. The molecule has 1 fully saturated rings. The number of aromatic nitrogens is 2. The van der Waals surface area contributed by atoms with E-state index >= 15 is 0 Å². The molecule has 0 saturated heterocycles. The van der Waals surface area contributed by atoms with Crippen LogP contribution in [0.25, 0.3) is 0 Å². The first-order valence-corrected chi connectivity index (χ1v) is 8.72. The van der Waals surface area contributed by atoms with Gasteiger partial charge in [-0.25, -0.2) is 0 Å². The molecule has 8 heteroatoms. The fourth-order valence-electron chi connectivity index (χ4n) is 3.50. The Hall–Kier alpha value is -2.19. The second-order valence-corrected chi connectivity index (χ2v) is 6.68. The van der Waals surface area contributed by atoms with Gasteiger partial charge >= 0.3 is 5.69 Å². The molecule has 1 unspecified atom stereocenters. The van der Waals surface area contributed by atoms with Gasteiger partial charge in [-0.2, -0.15) is 5.10 Å². The molecule has 1 saturated carbocycles. The molecule has 8 nitrogen and oxygen atoms in total. The Morgan fingerprint density at radius 3 is 2.88 bits per heavy atom. The van der Waals surface area contributed by atoms with Crippen molar-refractivity contribution < 1.29 is 14.4 Å². The van der Waals surface area contributed by atoms with Crippen molar-refractivity contribution >= 4 is 5.69 Å². The molecule has 2 aromatic heterocycles. The van der Waals surface area contributed by atoms with E-state index in [9.17, 15) is 15.2 Å². The van der Waals surface area contributed by atoms with Crippen molar-refractivity contribution in [2.24, 2.45) is 0 Å². The zero-order chi connectivity index (χ0) is 17.6. The smallest absolute Gasteiger partial charge is 0.306 e. The molecule has 3 rings (SSSR count). The maximum absolute atomic E-state index is 10.7. The maximum atomic E-state index is 10.7. The molecule has 0 spiro atoms. The molecule has 2 aromatic rings. The standard InChI is InChI=1S/C17H24N4O4/c22-17(12-20-10-16(8-18-20)21(23)24)11-19(9-14-6-7-25-13-14)15-4-2-1-3-5-15/h6-8,10,13,15,17,22H,1-5,9,11-12H2. The van der Waals surface area contributed by atoms with E-state index in [-0.39, 0.29) is 12.2 Å². The highest BCUT2D eigenvalue weighted by molar-refractivity contribution is 5.20. The second-order valence-electron chi connectivity index (χ2n) is 6.68. The van der Waals surface area contributed by atoms with Gasteiger partial charge in [-0.05, 0) is 18.9 Å². The Labute approximate surface area is 146 Å². The first-order chi connectivity index (χ1) is 12.1. The Kier molecular flexibility index (Phi) is 5.83. The van der Waals surface area contributed by atoms with Crippen LogP contribution in [0.2, 0.25) is 0 Å². The van der Waals surface area contributed by atoms with Crippen molar-refractivity contribution in [1.29, 1.82) is 0 Å². The number of hydrogen-bond acceptors (Lipinski definition) is 6. The van der Waals surface area contributed by atoms with Crippen molar-refractivity contribution in [3.63, 3.8) is 0 Å². The van der Waals surface area contributed by atoms with Crippen molar-refractivity contribution in [3.8, 4) is 0 Å². The minimum Gasteiger partial charge on any atom is -0.472 e. The highest BCUT2D eigenvalue weighted by Gasteiger charge is 2.24. The first kappa shape index (κ1) is 17.6. The van der Waals surface area contributed by atoms with Crippen LogP contribution in [0.5, 0.6) is 0 Å². The van der Waals surface area contributed by atoms with Crippen LogP contribution in [-0.4, -0.2) is 43.4 Å². The minimum absolute atomic E-state index is 0.0604. The summed E-state index contributed by atoms with van der Waals surface area (Å²) in [6.07, 6.45) is 11.3. The Balaban J connectivity index is 1.62. The number of nitrogens with zero attached hydrogens (tertiary/aromatic N) is 4. The lowest BCUT2D eigenvalue weighted by molar-refractivity contribution is -0.385. The predicted molar refractivity (Wildman–Crippen MR) is 90.9 cm³/mol. The highest BCUT2D eigenvalue weighted by atomic mass is 16.6. The van der Waals surface area contributed by atoms with Crippen LogP contribution in [-0.2, 0) is 13.1 Å². The third-order valence-electron chi connectivity index (χ3n) is 4.73. The molecule has 1 aliphatic carbocycles. The topological polar surface area (TPSA) is 97.6 Å². The van der Waals surface area contributed by atoms with Gasteiger partial charge in [-0.1, -0.05) is 19.3 Å². The number of aliphatic hydroxyl groups is 1. The van der Waals surface area contributed by atoms with E-state index in [2.05, 4.69) is 10.00 Å². The minimum atomic E-state index is -0.645. The lowest BCUT2D eigenvalue weighted by Crippen LogP contribution is -2.42. The van der Waals surface area contributed by atoms with Crippen molar-refractivity contribution in [2.75, 3.05) is 6.54 Å². The Morgan fingerprint density at radius 1 is 1.44 bits per heavy atom. The highest BCUT2D eigenvalue weighted by Crippen LogP contribution is 2.24. The van der Waals surface area contributed by atoms with Crippen molar-refractivity contribution in [2.45, 2.75) is 57.3 Å². The molecule has 0 aromatic carbocycles. The fraction of sp³-hybridized carbons (Fsp3) is 0.588. The molecule has 0 aliphatic heterocycles. The van der Waals surface area contributed by atoms with Gasteiger partial charge in [0, 0.05) is 24.7 Å². The molecular weight excluding hydrogens is 324 g/mol.